The lowest BCUT2D eigenvalue weighted by Gasteiger charge is -2.13. The van der Waals surface area contributed by atoms with Crippen LogP contribution in [-0.2, 0) is 6.54 Å². The van der Waals surface area contributed by atoms with E-state index >= 15 is 0 Å². The molecule has 2 nitrogen and oxygen atoms in total. The summed E-state index contributed by atoms with van der Waals surface area (Å²) in [6.07, 6.45) is 0. The minimum Gasteiger partial charge on any atom is -0.454 e. The second-order valence-electron chi connectivity index (χ2n) is 5.29. The Morgan fingerprint density at radius 3 is 2.57 bits per heavy atom. The number of ether oxygens (including phenoxy) is 1. The van der Waals surface area contributed by atoms with Gasteiger partial charge in [0.1, 0.15) is 5.75 Å². The highest BCUT2D eigenvalue weighted by Gasteiger charge is 2.11. The van der Waals surface area contributed by atoms with Crippen molar-refractivity contribution in [2.75, 3.05) is 0 Å². The van der Waals surface area contributed by atoms with Gasteiger partial charge in [0.2, 0.25) is 5.82 Å². The molecule has 0 aliphatic rings. The third kappa shape index (κ3) is 4.02. The smallest absolute Gasteiger partial charge is 0.201 e. The molecule has 0 bridgehead atoms. The average molecular weight is 291 g/mol. The molecule has 2 rings (SSSR count). The lowest BCUT2D eigenvalue weighted by Crippen LogP contribution is -2.21. The maximum Gasteiger partial charge on any atom is 0.201 e. The number of hydrogen-bond acceptors (Lipinski definition) is 2. The molecule has 21 heavy (non-hydrogen) atoms. The van der Waals surface area contributed by atoms with Crippen LogP contribution in [0.4, 0.5) is 8.78 Å². The van der Waals surface area contributed by atoms with Crippen molar-refractivity contribution in [3.63, 3.8) is 0 Å². The molecule has 0 unspecified atom stereocenters. The Morgan fingerprint density at radius 2 is 1.86 bits per heavy atom. The summed E-state index contributed by atoms with van der Waals surface area (Å²) in [5, 5.41) is 3.30. The van der Waals surface area contributed by atoms with Gasteiger partial charge in [-0.15, -0.1) is 0 Å². The number of nitrogens with one attached hydrogen (secondary N) is 1. The van der Waals surface area contributed by atoms with Gasteiger partial charge >= 0.3 is 0 Å². The predicted molar refractivity (Wildman–Crippen MR) is 79.6 cm³/mol. The van der Waals surface area contributed by atoms with Crippen LogP contribution in [0.2, 0.25) is 0 Å². The summed E-state index contributed by atoms with van der Waals surface area (Å²) in [7, 11) is 0. The third-order valence-corrected chi connectivity index (χ3v) is 3.10. The molecule has 0 atom stereocenters. The summed E-state index contributed by atoms with van der Waals surface area (Å²) in [4.78, 5) is 0. The van der Waals surface area contributed by atoms with Gasteiger partial charge in [-0.05, 0) is 36.2 Å². The summed E-state index contributed by atoms with van der Waals surface area (Å²) in [5.74, 6) is -1.46. The van der Waals surface area contributed by atoms with Crippen LogP contribution in [0.25, 0.3) is 0 Å². The summed E-state index contributed by atoms with van der Waals surface area (Å²) >= 11 is 0. The van der Waals surface area contributed by atoms with Gasteiger partial charge in [-0.3, -0.25) is 0 Å². The van der Waals surface area contributed by atoms with Crippen molar-refractivity contribution in [2.45, 2.75) is 33.4 Å². The Labute approximate surface area is 123 Å². The normalized spacial score (nSPS) is 11.0. The molecule has 1 N–H and O–H groups in total. The van der Waals surface area contributed by atoms with Crippen molar-refractivity contribution in [3.8, 4) is 11.5 Å². The van der Waals surface area contributed by atoms with Crippen molar-refractivity contribution in [3.05, 3.63) is 59.2 Å². The fourth-order valence-corrected chi connectivity index (χ4v) is 1.87. The van der Waals surface area contributed by atoms with Crippen LogP contribution in [-0.4, -0.2) is 6.04 Å². The van der Waals surface area contributed by atoms with E-state index < -0.39 is 11.6 Å². The third-order valence-electron chi connectivity index (χ3n) is 3.10. The van der Waals surface area contributed by atoms with Gasteiger partial charge in [0.15, 0.2) is 11.6 Å². The maximum atomic E-state index is 13.7. The van der Waals surface area contributed by atoms with Crippen LogP contribution in [0, 0.1) is 18.6 Å². The Balaban J connectivity index is 2.22. The molecule has 2 aromatic rings. The molecular formula is C17H19F2NO. The van der Waals surface area contributed by atoms with E-state index in [9.17, 15) is 8.78 Å². The zero-order chi connectivity index (χ0) is 15.4. The van der Waals surface area contributed by atoms with Gasteiger partial charge in [-0.1, -0.05) is 32.0 Å². The van der Waals surface area contributed by atoms with Gasteiger partial charge in [-0.2, -0.15) is 4.39 Å². The Bertz CT molecular complexity index is 626. The molecule has 0 amide bonds. The van der Waals surface area contributed by atoms with Gasteiger partial charge in [0.05, 0.1) is 0 Å². The van der Waals surface area contributed by atoms with E-state index in [0.29, 0.717) is 18.3 Å². The summed E-state index contributed by atoms with van der Waals surface area (Å²) in [6, 6.07) is 10.0. The van der Waals surface area contributed by atoms with E-state index in [2.05, 4.69) is 19.2 Å². The summed E-state index contributed by atoms with van der Waals surface area (Å²) in [6.45, 7) is 6.69. The first kappa shape index (κ1) is 15.4. The Kier molecular flexibility index (Phi) is 4.91. The van der Waals surface area contributed by atoms with Crippen LogP contribution >= 0.6 is 0 Å². The van der Waals surface area contributed by atoms with Gasteiger partial charge in [0, 0.05) is 12.6 Å². The zero-order valence-electron chi connectivity index (χ0n) is 12.4. The first-order valence-electron chi connectivity index (χ1n) is 6.92. The van der Waals surface area contributed by atoms with E-state index in [1.54, 1.807) is 0 Å². The van der Waals surface area contributed by atoms with Gasteiger partial charge in [0.25, 0.3) is 0 Å². The molecule has 0 aliphatic heterocycles. The first-order valence-corrected chi connectivity index (χ1v) is 6.92. The molecule has 2 aromatic carbocycles. The molecule has 0 aliphatic carbocycles. The van der Waals surface area contributed by atoms with Crippen LogP contribution in [0.1, 0.15) is 25.0 Å². The molecule has 0 saturated heterocycles. The van der Waals surface area contributed by atoms with Crippen molar-refractivity contribution >= 4 is 0 Å². The van der Waals surface area contributed by atoms with Crippen LogP contribution in [0.3, 0.4) is 0 Å². The SMILES string of the molecule is Cc1ccc(CNC(C)C)cc1Oc1cccc(F)c1F. The van der Waals surface area contributed by atoms with E-state index in [1.165, 1.54) is 12.1 Å². The number of benzene rings is 2. The Morgan fingerprint density at radius 1 is 1.10 bits per heavy atom. The predicted octanol–water partition coefficient (Wildman–Crippen LogP) is 4.56. The van der Waals surface area contributed by atoms with Gasteiger partial charge in [-0.25, -0.2) is 4.39 Å². The average Bonchev–Trinajstić information content (AvgIpc) is 2.44. The minimum atomic E-state index is -0.970. The van der Waals surface area contributed by atoms with Crippen LogP contribution < -0.4 is 10.1 Å². The lowest BCUT2D eigenvalue weighted by molar-refractivity contribution is 0.413. The molecular weight excluding hydrogens is 272 g/mol. The quantitative estimate of drug-likeness (QED) is 0.871. The molecule has 112 valence electrons. The summed E-state index contributed by atoms with van der Waals surface area (Å²) < 4.78 is 32.4. The molecule has 0 heterocycles. The van der Waals surface area contributed by atoms with Crippen molar-refractivity contribution in [2.24, 2.45) is 0 Å². The highest BCUT2D eigenvalue weighted by atomic mass is 19.2. The van der Waals surface area contributed by atoms with E-state index in [4.69, 9.17) is 4.74 Å². The Hall–Kier alpha value is -1.94. The second kappa shape index (κ2) is 6.68. The highest BCUT2D eigenvalue weighted by Crippen LogP contribution is 2.29. The molecule has 4 heteroatoms. The number of aryl methyl sites for hydroxylation is 1. The topological polar surface area (TPSA) is 21.3 Å². The monoisotopic (exact) mass is 291 g/mol. The maximum absolute atomic E-state index is 13.7. The summed E-state index contributed by atoms with van der Waals surface area (Å²) in [5.41, 5.74) is 1.90. The van der Waals surface area contributed by atoms with Crippen LogP contribution in [0.15, 0.2) is 36.4 Å². The van der Waals surface area contributed by atoms with E-state index in [0.717, 1.165) is 17.2 Å². The van der Waals surface area contributed by atoms with Crippen molar-refractivity contribution < 1.29 is 13.5 Å². The van der Waals surface area contributed by atoms with Crippen molar-refractivity contribution in [1.82, 2.24) is 5.32 Å². The molecule has 0 fully saturated rings. The fourth-order valence-electron chi connectivity index (χ4n) is 1.87. The number of halogens is 2. The molecule has 0 aromatic heterocycles. The molecule has 0 radical (unpaired) electrons. The lowest BCUT2D eigenvalue weighted by atomic mass is 10.1. The molecule has 0 saturated carbocycles. The minimum absolute atomic E-state index is 0.105. The standard InChI is InChI=1S/C17H19F2NO/c1-11(2)20-10-13-8-7-12(3)16(9-13)21-15-6-4-5-14(18)17(15)19/h4-9,11,20H,10H2,1-3H3. The second-order valence-corrected chi connectivity index (χ2v) is 5.29. The number of hydrogen-bond donors (Lipinski definition) is 1. The first-order chi connectivity index (χ1) is 9.97. The van der Waals surface area contributed by atoms with Gasteiger partial charge < -0.3 is 10.1 Å². The molecule has 0 spiro atoms. The highest BCUT2D eigenvalue weighted by molar-refractivity contribution is 5.40. The van der Waals surface area contributed by atoms with Crippen molar-refractivity contribution in [1.29, 1.82) is 0 Å². The largest absolute Gasteiger partial charge is 0.454 e. The fraction of sp³-hybridized carbons (Fsp3) is 0.294. The van der Waals surface area contributed by atoms with Crippen LogP contribution in [0.5, 0.6) is 11.5 Å². The van der Waals surface area contributed by atoms with E-state index in [-0.39, 0.29) is 5.75 Å². The van der Waals surface area contributed by atoms with E-state index in [1.807, 2.05) is 25.1 Å². The number of rotatable bonds is 5. The zero-order valence-corrected chi connectivity index (χ0v) is 12.4.